The number of amides is 1. The second kappa shape index (κ2) is 9.90. The zero-order valence-electron chi connectivity index (χ0n) is 20.8. The minimum Gasteiger partial charge on any atom is -0.480 e. The first-order valence-electron chi connectivity index (χ1n) is 12.2. The summed E-state index contributed by atoms with van der Waals surface area (Å²) in [4.78, 5) is 29.5. The monoisotopic (exact) mass is 492 g/mol. The molecule has 0 radical (unpaired) electrons. The highest BCUT2D eigenvalue weighted by atomic mass is 16.5. The highest BCUT2D eigenvalue weighted by molar-refractivity contribution is 5.84. The number of aryl methyl sites for hydroxylation is 1. The van der Waals surface area contributed by atoms with Crippen LogP contribution >= 0.6 is 0 Å². The summed E-state index contributed by atoms with van der Waals surface area (Å²) in [5, 5.41) is 12.5. The topological polar surface area (TPSA) is 88.5 Å². The second-order valence-electron chi connectivity index (χ2n) is 9.63. The summed E-state index contributed by atoms with van der Waals surface area (Å²) >= 11 is 0. The van der Waals surface area contributed by atoms with Crippen molar-refractivity contribution in [2.45, 2.75) is 31.7 Å². The number of aliphatic carboxylic acids is 1. The van der Waals surface area contributed by atoms with Crippen LogP contribution in [0, 0.1) is 6.92 Å². The number of nitrogens with one attached hydrogen (secondary N) is 1. The van der Waals surface area contributed by atoms with Gasteiger partial charge in [-0.2, -0.15) is 0 Å². The van der Waals surface area contributed by atoms with Crippen LogP contribution in [0.1, 0.15) is 35.1 Å². The first kappa shape index (κ1) is 24.3. The van der Waals surface area contributed by atoms with E-state index >= 15 is 0 Å². The molecule has 3 aromatic carbocycles. The van der Waals surface area contributed by atoms with Crippen LogP contribution in [-0.4, -0.2) is 34.3 Å². The van der Waals surface area contributed by atoms with Crippen molar-refractivity contribution >= 4 is 12.1 Å². The van der Waals surface area contributed by atoms with Gasteiger partial charge in [-0.05, 0) is 53.3 Å². The van der Waals surface area contributed by atoms with Crippen LogP contribution in [0.3, 0.4) is 0 Å². The average molecular weight is 493 g/mol. The van der Waals surface area contributed by atoms with Crippen LogP contribution in [0.25, 0.3) is 22.4 Å². The predicted octanol–water partition coefficient (Wildman–Crippen LogP) is 5.98. The molecule has 0 unspecified atom stereocenters. The third kappa shape index (κ3) is 4.83. The third-order valence-corrected chi connectivity index (χ3v) is 7.00. The number of hydrogen-bond acceptors (Lipinski definition) is 4. The van der Waals surface area contributed by atoms with Crippen molar-refractivity contribution in [1.82, 2.24) is 10.3 Å². The van der Waals surface area contributed by atoms with Crippen molar-refractivity contribution < 1.29 is 19.4 Å². The zero-order valence-corrected chi connectivity index (χ0v) is 20.8. The number of nitrogens with zero attached hydrogens (tertiary/aromatic N) is 1. The Balaban J connectivity index is 1.27. The Bertz CT molecular complexity index is 1420. The van der Waals surface area contributed by atoms with Gasteiger partial charge in [0.15, 0.2) is 0 Å². The molecule has 1 aliphatic rings. The van der Waals surface area contributed by atoms with Crippen molar-refractivity contribution in [2.24, 2.45) is 0 Å². The molecule has 0 fully saturated rings. The molecule has 0 spiro atoms. The molecule has 4 aromatic rings. The maximum absolute atomic E-state index is 12.8. The maximum atomic E-state index is 12.8. The van der Waals surface area contributed by atoms with E-state index in [4.69, 9.17) is 4.74 Å². The number of benzene rings is 3. The minimum absolute atomic E-state index is 0.0631. The van der Waals surface area contributed by atoms with Gasteiger partial charge < -0.3 is 15.2 Å². The van der Waals surface area contributed by atoms with Gasteiger partial charge in [-0.3, -0.25) is 4.98 Å². The zero-order chi connectivity index (χ0) is 26.0. The Labute approximate surface area is 216 Å². The number of alkyl carbamates (subject to hydrolysis) is 1. The van der Waals surface area contributed by atoms with Gasteiger partial charge in [0.25, 0.3) is 0 Å². The number of carboxylic acids is 1. The van der Waals surface area contributed by atoms with E-state index in [1.165, 1.54) is 6.92 Å². The van der Waals surface area contributed by atoms with Gasteiger partial charge in [0.05, 0.1) is 5.69 Å². The van der Waals surface area contributed by atoms with Gasteiger partial charge in [-0.25, -0.2) is 9.59 Å². The molecule has 0 bridgehead atoms. The molecule has 1 heterocycles. The molecule has 0 saturated carbocycles. The number of carbonyl (C=O) groups is 2. The SMILES string of the molecule is Cc1ccccc1-c1ccc(C[C@](C)(NC(=O)OCC2c3ccccc3-c3ccccc32)C(=O)O)cn1. The molecule has 0 saturated heterocycles. The van der Waals surface area contributed by atoms with Gasteiger partial charge in [0, 0.05) is 24.1 Å². The van der Waals surface area contributed by atoms with E-state index < -0.39 is 17.6 Å². The van der Waals surface area contributed by atoms with E-state index in [1.807, 2.05) is 79.7 Å². The van der Waals surface area contributed by atoms with E-state index in [1.54, 1.807) is 6.20 Å². The number of hydrogen-bond donors (Lipinski definition) is 2. The van der Waals surface area contributed by atoms with Crippen LogP contribution < -0.4 is 5.32 Å². The largest absolute Gasteiger partial charge is 0.480 e. The number of fused-ring (bicyclic) bond motifs is 3. The summed E-state index contributed by atoms with van der Waals surface area (Å²) in [6.07, 6.45) is 0.951. The lowest BCUT2D eigenvalue weighted by molar-refractivity contribution is -0.143. The predicted molar refractivity (Wildman–Crippen MR) is 142 cm³/mol. The molecular weight excluding hydrogens is 464 g/mol. The molecule has 6 nitrogen and oxygen atoms in total. The quantitative estimate of drug-likeness (QED) is 0.331. The molecule has 5 rings (SSSR count). The summed E-state index contributed by atoms with van der Waals surface area (Å²) < 4.78 is 5.58. The lowest BCUT2D eigenvalue weighted by atomic mass is 9.93. The van der Waals surface area contributed by atoms with E-state index in [9.17, 15) is 14.7 Å². The molecule has 37 heavy (non-hydrogen) atoms. The van der Waals surface area contributed by atoms with Crippen molar-refractivity contribution in [2.75, 3.05) is 6.61 Å². The Kier molecular flexibility index (Phi) is 6.49. The molecule has 1 amide bonds. The van der Waals surface area contributed by atoms with Gasteiger partial charge in [-0.15, -0.1) is 0 Å². The summed E-state index contributed by atoms with van der Waals surface area (Å²) in [7, 11) is 0. The fourth-order valence-electron chi connectivity index (χ4n) is 4.99. The normalized spacial score (nSPS) is 13.8. The molecule has 1 aromatic heterocycles. The molecule has 1 atom stereocenters. The second-order valence-corrected chi connectivity index (χ2v) is 9.63. The summed E-state index contributed by atoms with van der Waals surface area (Å²) in [5.74, 6) is -1.25. The fraction of sp³-hybridized carbons (Fsp3) is 0.194. The minimum atomic E-state index is -1.56. The molecule has 2 N–H and O–H groups in total. The van der Waals surface area contributed by atoms with E-state index in [2.05, 4.69) is 22.4 Å². The fourth-order valence-corrected chi connectivity index (χ4v) is 4.99. The number of rotatable bonds is 7. The average Bonchev–Trinajstić information content (AvgIpc) is 3.22. The lowest BCUT2D eigenvalue weighted by Gasteiger charge is -2.26. The number of pyridine rings is 1. The van der Waals surface area contributed by atoms with Crippen molar-refractivity contribution in [3.8, 4) is 22.4 Å². The van der Waals surface area contributed by atoms with Crippen LogP contribution in [0.4, 0.5) is 4.79 Å². The first-order chi connectivity index (χ1) is 17.9. The highest BCUT2D eigenvalue weighted by Gasteiger charge is 2.37. The Morgan fingerprint density at radius 2 is 1.49 bits per heavy atom. The van der Waals surface area contributed by atoms with E-state index in [-0.39, 0.29) is 18.9 Å². The van der Waals surface area contributed by atoms with Gasteiger partial charge in [0.2, 0.25) is 0 Å². The molecular formula is C31H28N2O4. The summed E-state index contributed by atoms with van der Waals surface area (Å²) in [5.41, 5.74) is 6.52. The van der Waals surface area contributed by atoms with Crippen LogP contribution in [0.5, 0.6) is 0 Å². The van der Waals surface area contributed by atoms with Crippen LogP contribution in [-0.2, 0) is 16.0 Å². The Morgan fingerprint density at radius 3 is 2.05 bits per heavy atom. The van der Waals surface area contributed by atoms with Crippen molar-refractivity contribution in [3.05, 3.63) is 113 Å². The van der Waals surface area contributed by atoms with Crippen LogP contribution in [0.2, 0.25) is 0 Å². The lowest BCUT2D eigenvalue weighted by Crippen LogP contribution is -2.54. The summed E-state index contributed by atoms with van der Waals surface area (Å²) in [6, 6.07) is 27.8. The molecule has 186 valence electrons. The van der Waals surface area contributed by atoms with Gasteiger partial charge >= 0.3 is 12.1 Å². The number of ether oxygens (including phenoxy) is 1. The van der Waals surface area contributed by atoms with E-state index in [0.29, 0.717) is 5.56 Å². The van der Waals surface area contributed by atoms with Crippen LogP contribution in [0.15, 0.2) is 91.1 Å². The number of carboxylic acid groups (broad SMARTS) is 1. The Morgan fingerprint density at radius 1 is 0.892 bits per heavy atom. The maximum Gasteiger partial charge on any atom is 0.408 e. The highest BCUT2D eigenvalue weighted by Crippen LogP contribution is 2.44. The Hall–Kier alpha value is -4.45. The van der Waals surface area contributed by atoms with E-state index in [0.717, 1.165) is 39.1 Å². The third-order valence-electron chi connectivity index (χ3n) is 7.00. The number of carbonyl (C=O) groups excluding carboxylic acids is 1. The molecule has 6 heteroatoms. The van der Waals surface area contributed by atoms with Crippen molar-refractivity contribution in [1.29, 1.82) is 0 Å². The standard InChI is InChI=1S/C31H28N2O4/c1-20-9-3-4-10-22(20)28-16-15-21(18-32-28)17-31(2,29(34)35)33-30(36)37-19-27-25-13-7-5-11-23(25)24-12-6-8-14-26(24)27/h3-16,18,27H,17,19H2,1-2H3,(H,33,36)(H,34,35)/t31-/m0/s1. The summed E-state index contributed by atoms with van der Waals surface area (Å²) in [6.45, 7) is 3.61. The van der Waals surface area contributed by atoms with Crippen molar-refractivity contribution in [3.63, 3.8) is 0 Å². The molecule has 0 aliphatic heterocycles. The van der Waals surface area contributed by atoms with Gasteiger partial charge in [-0.1, -0.05) is 78.9 Å². The first-order valence-corrected chi connectivity index (χ1v) is 12.2. The van der Waals surface area contributed by atoms with Gasteiger partial charge in [0.1, 0.15) is 12.1 Å². The number of aromatic nitrogens is 1. The smallest absolute Gasteiger partial charge is 0.408 e. The molecule has 1 aliphatic carbocycles.